The van der Waals surface area contributed by atoms with Gasteiger partial charge in [-0.3, -0.25) is 4.79 Å². The number of hydrogen-bond donors (Lipinski definition) is 0. The van der Waals surface area contributed by atoms with Crippen LogP contribution in [0.3, 0.4) is 0 Å². The zero-order chi connectivity index (χ0) is 20.1. The molecule has 0 unspecified atom stereocenters. The standard InChI is InChI=1S/C20H28N2O5S/c1-14(2)10-22-13-20-12-21(11-17(27-20)9-18(20)28(22,24)25)19(23)8-15-4-6-16(26-3)7-5-15/h4-7,14,17-18H,8-13H2,1-3H3/t17-,18+,20+/m1/s1. The largest absolute Gasteiger partial charge is 0.497 e. The van der Waals surface area contributed by atoms with Gasteiger partial charge in [-0.05, 0) is 30.0 Å². The molecule has 3 aliphatic rings. The second kappa shape index (κ2) is 7.00. The molecule has 3 aliphatic heterocycles. The second-order valence-electron chi connectivity index (χ2n) is 8.56. The number of morpholine rings is 1. The molecule has 4 rings (SSSR count). The first-order valence-corrected chi connectivity index (χ1v) is 11.3. The fourth-order valence-electron chi connectivity index (χ4n) is 4.74. The first kappa shape index (κ1) is 19.7. The second-order valence-corrected chi connectivity index (χ2v) is 10.7. The number of sulfonamides is 1. The third kappa shape index (κ3) is 3.31. The predicted molar refractivity (Wildman–Crippen MR) is 105 cm³/mol. The van der Waals surface area contributed by atoms with Crippen LogP contribution in [0.1, 0.15) is 25.8 Å². The molecule has 1 aromatic rings. The van der Waals surface area contributed by atoms with Crippen LogP contribution in [0.4, 0.5) is 0 Å². The zero-order valence-corrected chi connectivity index (χ0v) is 17.4. The number of hydrogen-bond acceptors (Lipinski definition) is 5. The smallest absolute Gasteiger partial charge is 0.227 e. The van der Waals surface area contributed by atoms with E-state index in [1.807, 2.05) is 38.1 Å². The van der Waals surface area contributed by atoms with Crippen molar-refractivity contribution < 1.29 is 22.7 Å². The van der Waals surface area contributed by atoms with Crippen molar-refractivity contribution in [2.24, 2.45) is 5.92 Å². The first-order chi connectivity index (χ1) is 13.2. The summed E-state index contributed by atoms with van der Waals surface area (Å²) in [4.78, 5) is 14.7. The summed E-state index contributed by atoms with van der Waals surface area (Å²) >= 11 is 0. The molecule has 8 heteroatoms. The number of carbonyl (C=O) groups excluding carboxylic acids is 1. The van der Waals surface area contributed by atoms with Gasteiger partial charge in [0.1, 0.15) is 16.6 Å². The summed E-state index contributed by atoms with van der Waals surface area (Å²) < 4.78 is 38.9. The lowest BCUT2D eigenvalue weighted by atomic mass is 9.98. The summed E-state index contributed by atoms with van der Waals surface area (Å²) in [5, 5.41) is -0.539. The number of methoxy groups -OCH3 is 1. The highest BCUT2D eigenvalue weighted by molar-refractivity contribution is 7.90. The molecule has 154 valence electrons. The summed E-state index contributed by atoms with van der Waals surface area (Å²) in [5.74, 6) is 1.01. The quantitative estimate of drug-likeness (QED) is 0.734. The van der Waals surface area contributed by atoms with Crippen LogP contribution in [0.5, 0.6) is 5.75 Å². The third-order valence-corrected chi connectivity index (χ3v) is 8.29. The Morgan fingerprint density at radius 1 is 1.29 bits per heavy atom. The van der Waals surface area contributed by atoms with Gasteiger partial charge in [0.25, 0.3) is 0 Å². The van der Waals surface area contributed by atoms with Gasteiger partial charge in [-0.15, -0.1) is 0 Å². The molecule has 3 saturated heterocycles. The van der Waals surface area contributed by atoms with E-state index in [-0.39, 0.29) is 17.9 Å². The van der Waals surface area contributed by atoms with E-state index in [9.17, 15) is 13.2 Å². The van der Waals surface area contributed by atoms with E-state index in [1.165, 1.54) is 0 Å². The molecule has 0 saturated carbocycles. The van der Waals surface area contributed by atoms with E-state index in [0.717, 1.165) is 11.3 Å². The van der Waals surface area contributed by atoms with Crippen molar-refractivity contribution in [2.45, 2.75) is 43.6 Å². The number of fused-ring (bicyclic) bond motifs is 1. The van der Waals surface area contributed by atoms with Crippen LogP contribution in [0, 0.1) is 5.92 Å². The average Bonchev–Trinajstić information content (AvgIpc) is 3.01. The van der Waals surface area contributed by atoms with Crippen molar-refractivity contribution in [3.63, 3.8) is 0 Å². The van der Waals surface area contributed by atoms with Gasteiger partial charge in [-0.1, -0.05) is 26.0 Å². The van der Waals surface area contributed by atoms with Gasteiger partial charge in [0.15, 0.2) is 0 Å². The van der Waals surface area contributed by atoms with Crippen molar-refractivity contribution in [1.82, 2.24) is 9.21 Å². The zero-order valence-electron chi connectivity index (χ0n) is 16.6. The highest BCUT2D eigenvalue weighted by atomic mass is 32.2. The Labute approximate surface area is 166 Å². The topological polar surface area (TPSA) is 76.2 Å². The molecular formula is C20H28N2O5S. The van der Waals surface area contributed by atoms with Crippen LogP contribution in [0.15, 0.2) is 24.3 Å². The lowest BCUT2D eigenvalue weighted by Gasteiger charge is -2.39. The molecule has 0 N–H and O–H groups in total. The average molecular weight is 409 g/mol. The Kier molecular flexibility index (Phi) is 4.92. The molecule has 28 heavy (non-hydrogen) atoms. The van der Waals surface area contributed by atoms with E-state index >= 15 is 0 Å². The lowest BCUT2D eigenvalue weighted by Crippen LogP contribution is -2.56. The van der Waals surface area contributed by atoms with Crippen LogP contribution in [0.25, 0.3) is 0 Å². The van der Waals surface area contributed by atoms with Crippen molar-refractivity contribution in [3.8, 4) is 5.75 Å². The molecule has 3 atom stereocenters. The van der Waals surface area contributed by atoms with E-state index in [0.29, 0.717) is 39.0 Å². The van der Waals surface area contributed by atoms with Gasteiger partial charge in [0.2, 0.25) is 15.9 Å². The molecule has 3 heterocycles. The number of amides is 1. The fourth-order valence-corrected chi connectivity index (χ4v) is 7.21. The molecule has 0 radical (unpaired) electrons. The highest BCUT2D eigenvalue weighted by Crippen LogP contribution is 2.46. The molecule has 1 aromatic carbocycles. The van der Waals surface area contributed by atoms with Gasteiger partial charge in [-0.2, -0.15) is 4.31 Å². The number of ether oxygens (including phenoxy) is 2. The number of nitrogens with zero attached hydrogens (tertiary/aromatic N) is 2. The van der Waals surface area contributed by atoms with Crippen LogP contribution in [0.2, 0.25) is 0 Å². The molecule has 1 amide bonds. The lowest BCUT2D eigenvalue weighted by molar-refractivity contribution is -0.150. The summed E-state index contributed by atoms with van der Waals surface area (Å²) in [6.07, 6.45) is 0.568. The summed E-state index contributed by atoms with van der Waals surface area (Å²) in [7, 11) is -1.77. The Balaban J connectivity index is 1.50. The van der Waals surface area contributed by atoms with E-state index in [2.05, 4.69) is 0 Å². The first-order valence-electron chi connectivity index (χ1n) is 9.81. The predicted octanol–water partition coefficient (Wildman–Crippen LogP) is 1.28. The van der Waals surface area contributed by atoms with Gasteiger partial charge in [0.05, 0.1) is 26.2 Å². The summed E-state index contributed by atoms with van der Waals surface area (Å²) in [6.45, 7) is 5.67. The van der Waals surface area contributed by atoms with Gasteiger partial charge < -0.3 is 14.4 Å². The number of likely N-dealkylation sites (tertiary alicyclic amines) is 1. The Bertz CT molecular complexity index is 854. The number of benzene rings is 1. The summed E-state index contributed by atoms with van der Waals surface area (Å²) in [6, 6.07) is 7.45. The van der Waals surface area contributed by atoms with Crippen LogP contribution in [-0.2, 0) is 26.0 Å². The van der Waals surface area contributed by atoms with Crippen molar-refractivity contribution in [3.05, 3.63) is 29.8 Å². The molecule has 0 aliphatic carbocycles. The van der Waals surface area contributed by atoms with E-state index < -0.39 is 20.9 Å². The molecule has 1 spiro atoms. The maximum Gasteiger partial charge on any atom is 0.227 e. The van der Waals surface area contributed by atoms with Crippen molar-refractivity contribution in [1.29, 1.82) is 0 Å². The number of rotatable bonds is 5. The van der Waals surface area contributed by atoms with Gasteiger partial charge >= 0.3 is 0 Å². The van der Waals surface area contributed by atoms with Crippen molar-refractivity contribution in [2.75, 3.05) is 33.3 Å². The van der Waals surface area contributed by atoms with E-state index in [1.54, 1.807) is 16.3 Å². The molecular weight excluding hydrogens is 380 g/mol. The highest BCUT2D eigenvalue weighted by Gasteiger charge is 2.65. The monoisotopic (exact) mass is 408 g/mol. The van der Waals surface area contributed by atoms with Crippen molar-refractivity contribution >= 4 is 15.9 Å². The van der Waals surface area contributed by atoms with Crippen LogP contribution < -0.4 is 4.74 Å². The molecule has 3 fully saturated rings. The molecule has 7 nitrogen and oxygen atoms in total. The number of carbonyl (C=O) groups is 1. The van der Waals surface area contributed by atoms with Crippen LogP contribution >= 0.6 is 0 Å². The Morgan fingerprint density at radius 2 is 2.00 bits per heavy atom. The maximum absolute atomic E-state index is 13.0. The normalized spacial score (nSPS) is 31.2. The third-order valence-electron chi connectivity index (χ3n) is 5.95. The maximum atomic E-state index is 13.0. The fraction of sp³-hybridized carbons (Fsp3) is 0.650. The Morgan fingerprint density at radius 3 is 2.64 bits per heavy atom. The summed E-state index contributed by atoms with van der Waals surface area (Å²) in [5.41, 5.74) is 0.130. The minimum absolute atomic E-state index is 0.0122. The van der Waals surface area contributed by atoms with Gasteiger partial charge in [0, 0.05) is 19.6 Å². The minimum atomic E-state index is -3.38. The SMILES string of the molecule is COc1ccc(CC(=O)N2C[C@H]3C[C@H]4[C@](C2)(CN(CC(C)C)S4(=O)=O)O3)cc1. The Hall–Kier alpha value is -1.64. The van der Waals surface area contributed by atoms with Crippen LogP contribution in [-0.4, -0.2) is 73.8 Å². The molecule has 0 aromatic heterocycles. The van der Waals surface area contributed by atoms with E-state index in [4.69, 9.17) is 9.47 Å². The minimum Gasteiger partial charge on any atom is -0.497 e. The molecule has 2 bridgehead atoms. The van der Waals surface area contributed by atoms with Gasteiger partial charge in [-0.25, -0.2) is 8.42 Å².